The molecule has 1 N–H and O–H groups in total. The number of aliphatic carboxylic acids is 1. The number of hydrogen-bond donors (Lipinski definition) is 1. The van der Waals surface area contributed by atoms with E-state index in [9.17, 15) is 9.90 Å². The maximum absolute atomic E-state index is 11.7. The lowest BCUT2D eigenvalue weighted by atomic mass is 9.77. The highest BCUT2D eigenvalue weighted by Gasteiger charge is 2.49. The third-order valence-corrected chi connectivity index (χ3v) is 6.19. The molecule has 3 fully saturated rings. The summed E-state index contributed by atoms with van der Waals surface area (Å²) in [5, 5.41) is 9.66. The van der Waals surface area contributed by atoms with E-state index in [2.05, 4.69) is 18.7 Å². The Morgan fingerprint density at radius 1 is 1.00 bits per heavy atom. The summed E-state index contributed by atoms with van der Waals surface area (Å²) in [5.74, 6) is 1.54. The van der Waals surface area contributed by atoms with Crippen LogP contribution in [-0.4, -0.2) is 34.1 Å². The van der Waals surface area contributed by atoms with Gasteiger partial charge in [-0.3, -0.25) is 9.69 Å². The Morgan fingerprint density at radius 2 is 1.75 bits per heavy atom. The molecule has 20 heavy (non-hydrogen) atoms. The van der Waals surface area contributed by atoms with Crippen molar-refractivity contribution in [2.75, 3.05) is 0 Å². The van der Waals surface area contributed by atoms with Gasteiger partial charge in [0, 0.05) is 12.1 Å². The topological polar surface area (TPSA) is 40.5 Å². The van der Waals surface area contributed by atoms with Crippen molar-refractivity contribution in [3.8, 4) is 0 Å². The largest absolute Gasteiger partial charge is 0.480 e. The van der Waals surface area contributed by atoms with Gasteiger partial charge in [0.1, 0.15) is 6.04 Å². The molecule has 3 aliphatic rings. The molecule has 2 aliphatic carbocycles. The van der Waals surface area contributed by atoms with Crippen LogP contribution in [0.5, 0.6) is 0 Å². The lowest BCUT2D eigenvalue weighted by Gasteiger charge is -2.44. The first-order valence-electron chi connectivity index (χ1n) is 8.58. The van der Waals surface area contributed by atoms with Crippen LogP contribution >= 0.6 is 0 Å². The van der Waals surface area contributed by atoms with E-state index in [-0.39, 0.29) is 6.04 Å². The molecule has 114 valence electrons. The molecule has 0 radical (unpaired) electrons. The van der Waals surface area contributed by atoms with Gasteiger partial charge < -0.3 is 5.11 Å². The van der Waals surface area contributed by atoms with Crippen LogP contribution in [0.15, 0.2) is 0 Å². The fraction of sp³-hybridized carbons (Fsp3) is 0.941. The van der Waals surface area contributed by atoms with Gasteiger partial charge in [0.25, 0.3) is 0 Å². The standard InChI is InChI=1S/C17H29NO2/c1-11-7-8-14(12(2)9-11)18-15-6-4-3-5-13(15)10-16(18)17(19)20/h11-16H,3-10H2,1-2H3,(H,19,20). The van der Waals surface area contributed by atoms with Gasteiger partial charge in [0.2, 0.25) is 0 Å². The van der Waals surface area contributed by atoms with Crippen LogP contribution in [0.1, 0.15) is 65.2 Å². The van der Waals surface area contributed by atoms with Crippen LogP contribution in [0, 0.1) is 17.8 Å². The van der Waals surface area contributed by atoms with Crippen molar-refractivity contribution in [1.82, 2.24) is 4.90 Å². The lowest BCUT2D eigenvalue weighted by molar-refractivity contribution is -0.144. The van der Waals surface area contributed by atoms with Gasteiger partial charge in [-0.2, -0.15) is 0 Å². The third-order valence-electron chi connectivity index (χ3n) is 6.19. The van der Waals surface area contributed by atoms with E-state index in [1.165, 1.54) is 44.9 Å². The Hall–Kier alpha value is -0.570. The summed E-state index contributed by atoms with van der Waals surface area (Å²) in [6.45, 7) is 4.68. The number of likely N-dealkylation sites (tertiary alicyclic amines) is 1. The SMILES string of the molecule is CC1CCC(N2C(C(=O)O)CC3CCCCC32)C(C)C1. The van der Waals surface area contributed by atoms with Crippen molar-refractivity contribution in [2.45, 2.75) is 83.3 Å². The summed E-state index contributed by atoms with van der Waals surface area (Å²) in [7, 11) is 0. The van der Waals surface area contributed by atoms with E-state index in [1.807, 2.05) is 0 Å². The molecule has 6 atom stereocenters. The normalized spacial score (nSPS) is 46.1. The summed E-state index contributed by atoms with van der Waals surface area (Å²) in [5.41, 5.74) is 0. The highest BCUT2D eigenvalue weighted by atomic mass is 16.4. The minimum absolute atomic E-state index is 0.205. The maximum Gasteiger partial charge on any atom is 0.320 e. The highest BCUT2D eigenvalue weighted by Crippen LogP contribution is 2.44. The molecule has 0 spiro atoms. The van der Waals surface area contributed by atoms with Crippen molar-refractivity contribution in [1.29, 1.82) is 0 Å². The number of carboxylic acids is 1. The summed E-state index contributed by atoms with van der Waals surface area (Å²) < 4.78 is 0. The summed E-state index contributed by atoms with van der Waals surface area (Å²) in [6.07, 6.45) is 9.73. The van der Waals surface area contributed by atoms with Crippen LogP contribution in [-0.2, 0) is 4.79 Å². The van der Waals surface area contributed by atoms with Gasteiger partial charge in [-0.25, -0.2) is 0 Å². The molecule has 1 aliphatic heterocycles. The molecule has 2 saturated carbocycles. The number of carbonyl (C=O) groups is 1. The average molecular weight is 279 g/mol. The lowest BCUT2D eigenvalue weighted by Crippen LogP contribution is -2.52. The third kappa shape index (κ3) is 2.49. The Labute approximate surface area is 122 Å². The first-order chi connectivity index (χ1) is 9.58. The predicted molar refractivity (Wildman–Crippen MR) is 79.6 cm³/mol. The van der Waals surface area contributed by atoms with Gasteiger partial charge in [0.05, 0.1) is 0 Å². The Kier molecular flexibility index (Phi) is 4.07. The van der Waals surface area contributed by atoms with Crippen molar-refractivity contribution >= 4 is 5.97 Å². The Bertz CT molecular complexity index is 370. The minimum Gasteiger partial charge on any atom is -0.480 e. The molecule has 0 aromatic carbocycles. The van der Waals surface area contributed by atoms with E-state index >= 15 is 0 Å². The second-order valence-electron chi connectivity index (χ2n) is 7.61. The quantitative estimate of drug-likeness (QED) is 0.840. The Morgan fingerprint density at radius 3 is 2.45 bits per heavy atom. The Balaban J connectivity index is 1.81. The molecular formula is C17H29NO2. The fourth-order valence-electron chi connectivity index (χ4n) is 5.29. The van der Waals surface area contributed by atoms with Gasteiger partial charge in [-0.05, 0) is 56.3 Å². The van der Waals surface area contributed by atoms with Crippen molar-refractivity contribution < 1.29 is 9.90 Å². The van der Waals surface area contributed by atoms with Crippen molar-refractivity contribution in [2.24, 2.45) is 17.8 Å². The van der Waals surface area contributed by atoms with Crippen LogP contribution in [0.25, 0.3) is 0 Å². The number of rotatable bonds is 2. The molecular weight excluding hydrogens is 250 g/mol. The zero-order chi connectivity index (χ0) is 14.3. The van der Waals surface area contributed by atoms with Crippen molar-refractivity contribution in [3.05, 3.63) is 0 Å². The van der Waals surface area contributed by atoms with Gasteiger partial charge in [-0.1, -0.05) is 26.7 Å². The minimum atomic E-state index is -0.578. The van der Waals surface area contributed by atoms with E-state index in [1.54, 1.807) is 0 Å². The second-order valence-corrected chi connectivity index (χ2v) is 7.61. The van der Waals surface area contributed by atoms with Gasteiger partial charge in [-0.15, -0.1) is 0 Å². The highest BCUT2D eigenvalue weighted by molar-refractivity contribution is 5.74. The smallest absolute Gasteiger partial charge is 0.320 e. The number of nitrogens with zero attached hydrogens (tertiary/aromatic N) is 1. The molecule has 0 aromatic heterocycles. The molecule has 3 rings (SSSR count). The first-order valence-corrected chi connectivity index (χ1v) is 8.58. The molecule has 6 unspecified atom stereocenters. The van der Waals surface area contributed by atoms with Crippen LogP contribution < -0.4 is 0 Å². The monoisotopic (exact) mass is 279 g/mol. The van der Waals surface area contributed by atoms with Gasteiger partial charge in [0.15, 0.2) is 0 Å². The van der Waals surface area contributed by atoms with E-state index < -0.39 is 5.97 Å². The first kappa shape index (κ1) is 14.4. The molecule has 1 saturated heterocycles. The number of fused-ring (bicyclic) bond motifs is 1. The second kappa shape index (κ2) is 5.67. The van der Waals surface area contributed by atoms with Crippen LogP contribution in [0.3, 0.4) is 0 Å². The zero-order valence-electron chi connectivity index (χ0n) is 12.9. The van der Waals surface area contributed by atoms with E-state index in [0.29, 0.717) is 23.9 Å². The van der Waals surface area contributed by atoms with Crippen molar-refractivity contribution in [3.63, 3.8) is 0 Å². The summed E-state index contributed by atoms with van der Waals surface area (Å²) in [4.78, 5) is 14.2. The van der Waals surface area contributed by atoms with E-state index in [0.717, 1.165) is 12.3 Å². The molecule has 3 heteroatoms. The number of carboxylic acid groups (broad SMARTS) is 1. The predicted octanol–water partition coefficient (Wildman–Crippen LogP) is 3.53. The van der Waals surface area contributed by atoms with Crippen LogP contribution in [0.4, 0.5) is 0 Å². The fourth-order valence-corrected chi connectivity index (χ4v) is 5.29. The maximum atomic E-state index is 11.7. The summed E-state index contributed by atoms with van der Waals surface area (Å²) >= 11 is 0. The van der Waals surface area contributed by atoms with Crippen LogP contribution in [0.2, 0.25) is 0 Å². The van der Waals surface area contributed by atoms with E-state index in [4.69, 9.17) is 0 Å². The molecule has 0 aromatic rings. The molecule has 0 bridgehead atoms. The van der Waals surface area contributed by atoms with Gasteiger partial charge >= 0.3 is 5.97 Å². The molecule has 1 heterocycles. The zero-order valence-corrected chi connectivity index (χ0v) is 12.9. The average Bonchev–Trinajstić information content (AvgIpc) is 2.78. The molecule has 3 nitrogen and oxygen atoms in total. The number of hydrogen-bond acceptors (Lipinski definition) is 2. The molecule has 0 amide bonds. The summed E-state index contributed by atoms with van der Waals surface area (Å²) in [6, 6.07) is 0.870.